The summed E-state index contributed by atoms with van der Waals surface area (Å²) in [5, 5.41) is 3.73. The van der Waals surface area contributed by atoms with Crippen molar-refractivity contribution < 1.29 is 9.47 Å². The number of nitrogens with one attached hydrogen (secondary N) is 1. The molecule has 1 aliphatic heterocycles. The van der Waals surface area contributed by atoms with Crippen LogP contribution in [0.2, 0.25) is 0 Å². The molecule has 0 saturated heterocycles. The molecular formula is C17H25NO2S. The Kier molecular flexibility index (Phi) is 4.36. The molecule has 1 aromatic carbocycles. The zero-order valence-corrected chi connectivity index (χ0v) is 14.0. The maximum atomic E-state index is 5.71. The zero-order chi connectivity index (χ0) is 14.9. The molecule has 0 amide bonds. The molecule has 1 saturated carbocycles. The van der Waals surface area contributed by atoms with Crippen molar-refractivity contribution in [2.75, 3.05) is 19.5 Å². The van der Waals surface area contributed by atoms with Gasteiger partial charge in [-0.15, -0.1) is 11.8 Å². The molecule has 1 N–H and O–H groups in total. The largest absolute Gasteiger partial charge is 0.486 e. The fraction of sp³-hybridized carbons (Fsp3) is 0.647. The van der Waals surface area contributed by atoms with Crippen molar-refractivity contribution in [1.29, 1.82) is 0 Å². The Morgan fingerprint density at radius 2 is 1.95 bits per heavy atom. The number of hydrogen-bond donors (Lipinski definition) is 1. The molecule has 2 aliphatic rings. The molecule has 116 valence electrons. The first-order chi connectivity index (χ1) is 10.1. The summed E-state index contributed by atoms with van der Waals surface area (Å²) in [6.07, 6.45) is 5.99. The van der Waals surface area contributed by atoms with E-state index in [-0.39, 0.29) is 0 Å². The Morgan fingerprint density at radius 3 is 2.57 bits per heavy atom. The number of ether oxygens (including phenoxy) is 2. The van der Waals surface area contributed by atoms with Crippen molar-refractivity contribution in [3.8, 4) is 11.5 Å². The predicted molar refractivity (Wildman–Crippen MR) is 87.5 cm³/mol. The maximum Gasteiger partial charge on any atom is 0.162 e. The van der Waals surface area contributed by atoms with Crippen LogP contribution in [0.4, 0.5) is 0 Å². The van der Waals surface area contributed by atoms with E-state index in [2.05, 4.69) is 37.6 Å². The fourth-order valence-corrected chi connectivity index (χ4v) is 3.92. The molecule has 21 heavy (non-hydrogen) atoms. The average molecular weight is 307 g/mol. The topological polar surface area (TPSA) is 30.5 Å². The SMILES string of the molecule is CSc1cc2c(cc1CNC1CCC(C)(C)C1)OCCO2. The van der Waals surface area contributed by atoms with Crippen LogP contribution < -0.4 is 14.8 Å². The van der Waals surface area contributed by atoms with E-state index < -0.39 is 0 Å². The number of benzene rings is 1. The molecule has 0 bridgehead atoms. The maximum absolute atomic E-state index is 5.71. The minimum Gasteiger partial charge on any atom is -0.486 e. The predicted octanol–water partition coefficient (Wildman–Crippen LogP) is 3.85. The first-order valence-corrected chi connectivity index (χ1v) is 9.00. The van der Waals surface area contributed by atoms with Crippen LogP contribution in [-0.4, -0.2) is 25.5 Å². The van der Waals surface area contributed by atoms with Crippen LogP contribution in [0.5, 0.6) is 11.5 Å². The third-order valence-corrected chi connectivity index (χ3v) is 5.31. The van der Waals surface area contributed by atoms with E-state index in [0.29, 0.717) is 24.7 Å². The van der Waals surface area contributed by atoms with Crippen LogP contribution in [-0.2, 0) is 6.54 Å². The lowest BCUT2D eigenvalue weighted by atomic mass is 9.92. The summed E-state index contributed by atoms with van der Waals surface area (Å²) >= 11 is 1.77. The standard InChI is InChI=1S/C17H25NO2S/c1-17(2)5-4-13(10-17)18-11-12-8-14-15(9-16(12)21-3)20-7-6-19-14/h8-9,13,18H,4-7,10-11H2,1-3H3. The Balaban J connectivity index is 1.70. The summed E-state index contributed by atoms with van der Waals surface area (Å²) in [6, 6.07) is 4.91. The summed E-state index contributed by atoms with van der Waals surface area (Å²) in [5.74, 6) is 1.78. The van der Waals surface area contributed by atoms with Gasteiger partial charge in [0.2, 0.25) is 0 Å². The molecule has 1 aromatic rings. The third kappa shape index (κ3) is 3.49. The van der Waals surface area contributed by atoms with E-state index in [0.717, 1.165) is 18.0 Å². The summed E-state index contributed by atoms with van der Waals surface area (Å²) in [6.45, 7) is 6.94. The molecule has 1 unspecified atom stereocenters. The van der Waals surface area contributed by atoms with Gasteiger partial charge in [0.25, 0.3) is 0 Å². The van der Waals surface area contributed by atoms with Gasteiger partial charge < -0.3 is 14.8 Å². The quantitative estimate of drug-likeness (QED) is 0.856. The van der Waals surface area contributed by atoms with Gasteiger partial charge in [-0.2, -0.15) is 0 Å². The van der Waals surface area contributed by atoms with E-state index >= 15 is 0 Å². The Bertz CT molecular complexity index is 516. The van der Waals surface area contributed by atoms with E-state index in [4.69, 9.17) is 9.47 Å². The molecule has 3 rings (SSSR count). The number of hydrogen-bond acceptors (Lipinski definition) is 4. The van der Waals surface area contributed by atoms with Crippen molar-refractivity contribution in [2.45, 2.75) is 50.6 Å². The molecule has 0 aromatic heterocycles. The molecule has 4 heteroatoms. The number of fused-ring (bicyclic) bond motifs is 1. The lowest BCUT2D eigenvalue weighted by Crippen LogP contribution is -2.27. The highest BCUT2D eigenvalue weighted by atomic mass is 32.2. The van der Waals surface area contributed by atoms with Crippen LogP contribution >= 0.6 is 11.8 Å². The summed E-state index contributed by atoms with van der Waals surface area (Å²) < 4.78 is 11.4. The Hall–Kier alpha value is -0.870. The smallest absolute Gasteiger partial charge is 0.162 e. The third-order valence-electron chi connectivity index (χ3n) is 4.49. The van der Waals surface area contributed by atoms with Gasteiger partial charge in [-0.05, 0) is 48.6 Å². The van der Waals surface area contributed by atoms with Gasteiger partial charge in [-0.25, -0.2) is 0 Å². The molecule has 0 spiro atoms. The lowest BCUT2D eigenvalue weighted by Gasteiger charge is -2.22. The van der Waals surface area contributed by atoms with Crippen LogP contribution in [0.1, 0.15) is 38.7 Å². The second-order valence-corrected chi connectivity index (χ2v) is 7.64. The first kappa shape index (κ1) is 15.0. The van der Waals surface area contributed by atoms with Crippen LogP contribution in [0.25, 0.3) is 0 Å². The Morgan fingerprint density at radius 1 is 1.24 bits per heavy atom. The van der Waals surface area contributed by atoms with Gasteiger partial charge in [-0.3, -0.25) is 0 Å². The second kappa shape index (κ2) is 6.09. The highest BCUT2D eigenvalue weighted by Gasteiger charge is 2.30. The first-order valence-electron chi connectivity index (χ1n) is 7.77. The van der Waals surface area contributed by atoms with E-state index in [1.807, 2.05) is 0 Å². The van der Waals surface area contributed by atoms with Crippen molar-refractivity contribution in [3.05, 3.63) is 17.7 Å². The van der Waals surface area contributed by atoms with Crippen LogP contribution in [0, 0.1) is 5.41 Å². The molecule has 0 radical (unpaired) electrons. The minimum absolute atomic E-state index is 0.493. The van der Waals surface area contributed by atoms with Crippen molar-refractivity contribution in [2.24, 2.45) is 5.41 Å². The number of thioether (sulfide) groups is 1. The summed E-state index contributed by atoms with van der Waals surface area (Å²) in [7, 11) is 0. The Labute approximate surface area is 131 Å². The van der Waals surface area contributed by atoms with E-state index in [1.165, 1.54) is 29.7 Å². The highest BCUT2D eigenvalue weighted by molar-refractivity contribution is 7.98. The zero-order valence-electron chi connectivity index (χ0n) is 13.2. The van der Waals surface area contributed by atoms with Gasteiger partial charge in [-0.1, -0.05) is 13.8 Å². The van der Waals surface area contributed by atoms with E-state index in [9.17, 15) is 0 Å². The van der Waals surface area contributed by atoms with Crippen molar-refractivity contribution in [1.82, 2.24) is 5.32 Å². The van der Waals surface area contributed by atoms with Gasteiger partial charge in [0.15, 0.2) is 11.5 Å². The molecular weight excluding hydrogens is 282 g/mol. The minimum atomic E-state index is 0.493. The summed E-state index contributed by atoms with van der Waals surface area (Å²) in [5.41, 5.74) is 1.81. The van der Waals surface area contributed by atoms with Crippen molar-refractivity contribution >= 4 is 11.8 Å². The average Bonchev–Trinajstić information content (AvgIpc) is 2.83. The summed E-state index contributed by atoms with van der Waals surface area (Å²) in [4.78, 5) is 1.28. The second-order valence-electron chi connectivity index (χ2n) is 6.79. The number of rotatable bonds is 4. The van der Waals surface area contributed by atoms with Gasteiger partial charge in [0.05, 0.1) is 0 Å². The van der Waals surface area contributed by atoms with Crippen molar-refractivity contribution in [3.63, 3.8) is 0 Å². The van der Waals surface area contributed by atoms with Gasteiger partial charge in [0.1, 0.15) is 13.2 Å². The molecule has 1 heterocycles. The van der Waals surface area contributed by atoms with Gasteiger partial charge >= 0.3 is 0 Å². The molecule has 3 nitrogen and oxygen atoms in total. The van der Waals surface area contributed by atoms with E-state index in [1.54, 1.807) is 11.8 Å². The fourth-order valence-electron chi connectivity index (χ4n) is 3.31. The van der Waals surface area contributed by atoms with Crippen LogP contribution in [0.15, 0.2) is 17.0 Å². The lowest BCUT2D eigenvalue weighted by molar-refractivity contribution is 0.171. The normalized spacial score (nSPS) is 23.3. The monoisotopic (exact) mass is 307 g/mol. The highest BCUT2D eigenvalue weighted by Crippen LogP contribution is 2.38. The molecule has 1 aliphatic carbocycles. The molecule has 1 atom stereocenters. The van der Waals surface area contributed by atoms with Crippen LogP contribution in [0.3, 0.4) is 0 Å². The molecule has 1 fully saturated rings. The van der Waals surface area contributed by atoms with Gasteiger partial charge in [0, 0.05) is 17.5 Å².